The minimum atomic E-state index is -0.153. The topological polar surface area (TPSA) is 52.9 Å². The number of phenols is 1. The molecule has 2 aromatic carbocycles. The SMILES string of the molecule is C=CCN1C(=O)/C(=C/c2cccc(Cl)c2)SC1=Nc1ccc(C)cc1O. The van der Waals surface area contributed by atoms with Gasteiger partial charge in [0.15, 0.2) is 5.17 Å². The quantitative estimate of drug-likeness (QED) is 0.586. The van der Waals surface area contributed by atoms with Crippen LogP contribution >= 0.6 is 23.4 Å². The number of hydrogen-bond acceptors (Lipinski definition) is 4. The van der Waals surface area contributed by atoms with Crippen molar-refractivity contribution in [3.05, 3.63) is 76.2 Å². The van der Waals surface area contributed by atoms with Crippen molar-refractivity contribution in [2.75, 3.05) is 6.54 Å². The molecule has 4 nitrogen and oxygen atoms in total. The van der Waals surface area contributed by atoms with E-state index in [0.717, 1.165) is 11.1 Å². The summed E-state index contributed by atoms with van der Waals surface area (Å²) >= 11 is 7.28. The fourth-order valence-corrected chi connectivity index (χ4v) is 3.66. The van der Waals surface area contributed by atoms with Crippen LogP contribution in [0.2, 0.25) is 5.02 Å². The van der Waals surface area contributed by atoms with E-state index in [1.165, 1.54) is 16.7 Å². The number of carbonyl (C=O) groups excluding carboxylic acids is 1. The Balaban J connectivity index is 1.98. The van der Waals surface area contributed by atoms with Crippen LogP contribution < -0.4 is 0 Å². The number of amides is 1. The van der Waals surface area contributed by atoms with Crippen LogP contribution in [-0.4, -0.2) is 27.6 Å². The summed E-state index contributed by atoms with van der Waals surface area (Å²) in [4.78, 5) is 19.3. The van der Waals surface area contributed by atoms with Gasteiger partial charge in [-0.15, -0.1) is 6.58 Å². The van der Waals surface area contributed by atoms with Gasteiger partial charge in [0, 0.05) is 11.6 Å². The van der Waals surface area contributed by atoms with Gasteiger partial charge in [0.2, 0.25) is 0 Å². The van der Waals surface area contributed by atoms with E-state index in [9.17, 15) is 9.90 Å². The van der Waals surface area contributed by atoms with Crippen molar-refractivity contribution >= 4 is 46.2 Å². The van der Waals surface area contributed by atoms with Gasteiger partial charge in [-0.1, -0.05) is 35.9 Å². The number of hydrogen-bond donors (Lipinski definition) is 1. The van der Waals surface area contributed by atoms with E-state index in [0.29, 0.717) is 27.3 Å². The summed E-state index contributed by atoms with van der Waals surface area (Å²) in [6.07, 6.45) is 3.43. The molecule has 1 heterocycles. The van der Waals surface area contributed by atoms with Crippen molar-refractivity contribution in [2.24, 2.45) is 4.99 Å². The molecule has 6 heteroatoms. The normalized spacial score (nSPS) is 17.3. The molecule has 1 fully saturated rings. The molecule has 132 valence electrons. The highest BCUT2D eigenvalue weighted by atomic mass is 35.5. The van der Waals surface area contributed by atoms with Crippen LogP contribution in [0, 0.1) is 6.92 Å². The summed E-state index contributed by atoms with van der Waals surface area (Å²) in [5, 5.41) is 11.2. The predicted molar refractivity (Wildman–Crippen MR) is 109 cm³/mol. The smallest absolute Gasteiger partial charge is 0.267 e. The first-order chi connectivity index (χ1) is 12.5. The Morgan fingerprint density at radius 3 is 2.81 bits per heavy atom. The lowest BCUT2D eigenvalue weighted by molar-refractivity contribution is -0.121. The molecule has 1 N–H and O–H groups in total. The van der Waals surface area contributed by atoms with Gasteiger partial charge in [-0.3, -0.25) is 9.69 Å². The van der Waals surface area contributed by atoms with Crippen LogP contribution in [0.15, 0.2) is 65.0 Å². The third kappa shape index (κ3) is 4.00. The minimum Gasteiger partial charge on any atom is -0.506 e. The summed E-state index contributed by atoms with van der Waals surface area (Å²) in [6, 6.07) is 12.5. The molecule has 0 aromatic heterocycles. The van der Waals surface area contributed by atoms with E-state index in [1.807, 2.05) is 25.1 Å². The van der Waals surface area contributed by atoms with Gasteiger partial charge in [-0.05, 0) is 60.2 Å². The number of thioether (sulfide) groups is 1. The Hall–Kier alpha value is -2.50. The summed E-state index contributed by atoms with van der Waals surface area (Å²) in [7, 11) is 0. The highest BCUT2D eigenvalue weighted by molar-refractivity contribution is 8.18. The van der Waals surface area contributed by atoms with E-state index in [4.69, 9.17) is 11.6 Å². The third-order valence-electron chi connectivity index (χ3n) is 3.69. The minimum absolute atomic E-state index is 0.0800. The molecule has 2 aromatic rings. The fraction of sp³-hybridized carbons (Fsp3) is 0.100. The van der Waals surface area contributed by atoms with E-state index in [2.05, 4.69) is 11.6 Å². The van der Waals surface area contributed by atoms with E-state index in [1.54, 1.807) is 36.4 Å². The fourth-order valence-electron chi connectivity index (χ4n) is 2.46. The Labute approximate surface area is 161 Å². The maximum Gasteiger partial charge on any atom is 0.267 e. The zero-order valence-corrected chi connectivity index (χ0v) is 15.7. The number of phenolic OH excluding ortho intramolecular Hbond substituents is 1. The molecule has 0 spiro atoms. The molecule has 3 rings (SSSR count). The summed E-state index contributed by atoms with van der Waals surface area (Å²) in [5.41, 5.74) is 2.20. The number of nitrogens with zero attached hydrogens (tertiary/aromatic N) is 2. The molecule has 26 heavy (non-hydrogen) atoms. The molecule has 0 aliphatic carbocycles. The average molecular weight is 385 g/mol. The van der Waals surface area contributed by atoms with Crippen LogP contribution in [0.5, 0.6) is 5.75 Å². The highest BCUT2D eigenvalue weighted by Crippen LogP contribution is 2.36. The largest absolute Gasteiger partial charge is 0.506 e. The van der Waals surface area contributed by atoms with Gasteiger partial charge in [0.1, 0.15) is 11.4 Å². The second kappa shape index (κ2) is 7.81. The summed E-state index contributed by atoms with van der Waals surface area (Å²) < 4.78 is 0. The number of aliphatic imine (C=N–C) groups is 1. The van der Waals surface area contributed by atoms with Gasteiger partial charge in [0.25, 0.3) is 5.91 Å². The molecular formula is C20H17ClN2O2S. The van der Waals surface area contributed by atoms with Gasteiger partial charge in [-0.2, -0.15) is 0 Å². The Morgan fingerprint density at radius 1 is 1.31 bits per heavy atom. The molecule has 0 radical (unpaired) electrons. The Bertz CT molecular complexity index is 937. The summed E-state index contributed by atoms with van der Waals surface area (Å²) in [6.45, 7) is 5.93. The lowest BCUT2D eigenvalue weighted by atomic mass is 10.2. The molecule has 1 amide bonds. The molecule has 1 saturated heterocycles. The Morgan fingerprint density at radius 2 is 2.12 bits per heavy atom. The van der Waals surface area contributed by atoms with E-state index < -0.39 is 0 Å². The number of aromatic hydroxyl groups is 1. The van der Waals surface area contributed by atoms with Crippen LogP contribution in [-0.2, 0) is 4.79 Å². The number of benzene rings is 2. The first-order valence-electron chi connectivity index (χ1n) is 7.94. The highest BCUT2D eigenvalue weighted by Gasteiger charge is 2.32. The van der Waals surface area contributed by atoms with Crippen molar-refractivity contribution in [1.82, 2.24) is 4.90 Å². The van der Waals surface area contributed by atoms with Crippen molar-refractivity contribution < 1.29 is 9.90 Å². The molecular weight excluding hydrogens is 368 g/mol. The number of halogens is 1. The molecule has 0 saturated carbocycles. The lowest BCUT2D eigenvalue weighted by Gasteiger charge is -2.12. The standard InChI is InChI=1S/C20H17ClN2O2S/c1-3-9-23-19(25)18(12-14-5-4-6-15(21)11-14)26-20(23)22-16-8-7-13(2)10-17(16)24/h3-8,10-12,24H,1,9H2,2H3/b18-12-,22-20?. The maximum atomic E-state index is 12.7. The van der Waals surface area contributed by atoms with Crippen molar-refractivity contribution in [1.29, 1.82) is 0 Å². The summed E-state index contributed by atoms with van der Waals surface area (Å²) in [5.74, 6) is -0.0726. The number of carbonyl (C=O) groups is 1. The number of amidine groups is 1. The number of aryl methyl sites for hydroxylation is 1. The second-order valence-corrected chi connectivity index (χ2v) is 7.20. The molecule has 0 atom stereocenters. The number of rotatable bonds is 4. The van der Waals surface area contributed by atoms with E-state index in [-0.39, 0.29) is 11.7 Å². The van der Waals surface area contributed by atoms with E-state index >= 15 is 0 Å². The van der Waals surface area contributed by atoms with Gasteiger partial charge >= 0.3 is 0 Å². The molecule has 1 aliphatic rings. The van der Waals surface area contributed by atoms with Crippen molar-refractivity contribution in [3.8, 4) is 5.75 Å². The van der Waals surface area contributed by atoms with Crippen molar-refractivity contribution in [2.45, 2.75) is 6.92 Å². The first-order valence-corrected chi connectivity index (χ1v) is 9.13. The predicted octanol–water partition coefficient (Wildman–Crippen LogP) is 5.14. The van der Waals surface area contributed by atoms with Crippen molar-refractivity contribution in [3.63, 3.8) is 0 Å². The molecule has 0 bridgehead atoms. The average Bonchev–Trinajstić information content (AvgIpc) is 2.87. The Kier molecular flexibility index (Phi) is 5.49. The lowest BCUT2D eigenvalue weighted by Crippen LogP contribution is -2.29. The van der Waals surface area contributed by atoms with Gasteiger partial charge in [0.05, 0.1) is 4.91 Å². The van der Waals surface area contributed by atoms with Crippen LogP contribution in [0.1, 0.15) is 11.1 Å². The van der Waals surface area contributed by atoms with Crippen LogP contribution in [0.3, 0.4) is 0 Å². The monoisotopic (exact) mass is 384 g/mol. The molecule has 0 unspecified atom stereocenters. The van der Waals surface area contributed by atoms with Gasteiger partial charge in [-0.25, -0.2) is 4.99 Å². The second-order valence-electron chi connectivity index (χ2n) is 5.76. The van der Waals surface area contributed by atoms with Gasteiger partial charge < -0.3 is 5.11 Å². The third-order valence-corrected chi connectivity index (χ3v) is 4.93. The molecule has 1 aliphatic heterocycles. The van der Waals surface area contributed by atoms with Crippen LogP contribution in [0.4, 0.5) is 5.69 Å². The zero-order valence-electron chi connectivity index (χ0n) is 14.1. The first kappa shape index (κ1) is 18.3. The van der Waals surface area contributed by atoms with Crippen LogP contribution in [0.25, 0.3) is 6.08 Å². The maximum absolute atomic E-state index is 12.7. The zero-order chi connectivity index (χ0) is 18.7.